The summed E-state index contributed by atoms with van der Waals surface area (Å²) in [5.41, 5.74) is 1.84. The number of para-hydroxylation sites is 1. The van der Waals surface area contributed by atoms with Crippen molar-refractivity contribution in [1.29, 1.82) is 0 Å². The van der Waals surface area contributed by atoms with E-state index in [4.69, 9.17) is 9.73 Å². The van der Waals surface area contributed by atoms with E-state index in [2.05, 4.69) is 47.4 Å². The van der Waals surface area contributed by atoms with Gasteiger partial charge < -0.3 is 15.4 Å². The summed E-state index contributed by atoms with van der Waals surface area (Å²) in [5, 5.41) is 6.90. The minimum Gasteiger partial charge on any atom is -0.487 e. The molecule has 1 atom stereocenters. The molecule has 0 aliphatic carbocycles. The third kappa shape index (κ3) is 4.50. The van der Waals surface area contributed by atoms with Crippen LogP contribution in [-0.4, -0.2) is 28.1 Å². The van der Waals surface area contributed by atoms with Crippen molar-refractivity contribution in [2.24, 2.45) is 4.99 Å². The molecular formula is C20H27N5O. The zero-order valence-corrected chi connectivity index (χ0v) is 15.9. The van der Waals surface area contributed by atoms with Gasteiger partial charge in [-0.25, -0.2) is 15.0 Å². The summed E-state index contributed by atoms with van der Waals surface area (Å²) >= 11 is 0. The summed E-state index contributed by atoms with van der Waals surface area (Å²) in [4.78, 5) is 13.3. The molecule has 0 bridgehead atoms. The van der Waals surface area contributed by atoms with Crippen LogP contribution in [0.1, 0.15) is 50.3 Å². The summed E-state index contributed by atoms with van der Waals surface area (Å²) in [6, 6.07) is 10.2. The second kappa shape index (κ2) is 7.72. The van der Waals surface area contributed by atoms with Gasteiger partial charge in [-0.3, -0.25) is 0 Å². The van der Waals surface area contributed by atoms with Gasteiger partial charge in [0.2, 0.25) is 0 Å². The lowest BCUT2D eigenvalue weighted by Crippen LogP contribution is -2.45. The van der Waals surface area contributed by atoms with E-state index in [1.54, 1.807) is 6.20 Å². The van der Waals surface area contributed by atoms with E-state index in [0.29, 0.717) is 6.54 Å². The van der Waals surface area contributed by atoms with Gasteiger partial charge in [0.05, 0.1) is 18.3 Å². The van der Waals surface area contributed by atoms with Crippen LogP contribution in [0.3, 0.4) is 0 Å². The Kier molecular flexibility index (Phi) is 5.40. The Morgan fingerprint density at radius 3 is 2.88 bits per heavy atom. The largest absolute Gasteiger partial charge is 0.487 e. The van der Waals surface area contributed by atoms with Gasteiger partial charge in [0.1, 0.15) is 17.2 Å². The maximum absolute atomic E-state index is 6.12. The monoisotopic (exact) mass is 353 g/mol. The predicted molar refractivity (Wildman–Crippen MR) is 103 cm³/mol. The van der Waals surface area contributed by atoms with Gasteiger partial charge in [0, 0.05) is 24.7 Å². The Morgan fingerprint density at radius 2 is 2.12 bits per heavy atom. The molecule has 26 heavy (non-hydrogen) atoms. The van der Waals surface area contributed by atoms with Crippen LogP contribution in [0.2, 0.25) is 0 Å². The third-order valence-corrected chi connectivity index (χ3v) is 4.26. The average molecular weight is 353 g/mol. The number of nitrogens with zero attached hydrogens (tertiary/aromatic N) is 3. The molecule has 0 amide bonds. The lowest BCUT2D eigenvalue weighted by atomic mass is 9.90. The van der Waals surface area contributed by atoms with E-state index < -0.39 is 0 Å². The molecule has 2 aromatic rings. The highest BCUT2D eigenvalue weighted by Crippen LogP contribution is 2.39. The second-order valence-corrected chi connectivity index (χ2v) is 7.09. The third-order valence-electron chi connectivity index (χ3n) is 4.26. The van der Waals surface area contributed by atoms with Crippen LogP contribution >= 0.6 is 0 Å². The van der Waals surface area contributed by atoms with Crippen molar-refractivity contribution >= 4 is 5.96 Å². The molecule has 1 aromatic heterocycles. The van der Waals surface area contributed by atoms with Crippen LogP contribution < -0.4 is 15.4 Å². The van der Waals surface area contributed by atoms with E-state index in [9.17, 15) is 0 Å². The van der Waals surface area contributed by atoms with Crippen molar-refractivity contribution in [3.05, 3.63) is 53.6 Å². The quantitative estimate of drug-likeness (QED) is 0.653. The lowest BCUT2D eigenvalue weighted by molar-refractivity contribution is 0.0694. The van der Waals surface area contributed by atoms with Crippen molar-refractivity contribution in [3.63, 3.8) is 0 Å². The zero-order chi connectivity index (χ0) is 18.6. The van der Waals surface area contributed by atoms with Gasteiger partial charge in [-0.15, -0.1) is 0 Å². The molecule has 6 nitrogen and oxygen atoms in total. The number of guanidine groups is 1. The summed E-state index contributed by atoms with van der Waals surface area (Å²) in [6.45, 7) is 9.48. The first kappa shape index (κ1) is 18.2. The topological polar surface area (TPSA) is 71.4 Å². The normalized spacial score (nSPS) is 18.6. The lowest BCUT2D eigenvalue weighted by Gasteiger charge is -2.38. The smallest absolute Gasteiger partial charge is 0.192 e. The molecule has 1 aliphatic heterocycles. The maximum atomic E-state index is 6.12. The summed E-state index contributed by atoms with van der Waals surface area (Å²) in [6.07, 6.45) is 2.63. The number of aliphatic imine (C=N–C) groups is 1. The highest BCUT2D eigenvalue weighted by molar-refractivity contribution is 5.80. The number of ether oxygens (including phenoxy) is 1. The fourth-order valence-corrected chi connectivity index (χ4v) is 3.17. The Morgan fingerprint density at radius 1 is 1.31 bits per heavy atom. The number of hydrogen-bond donors (Lipinski definition) is 2. The number of fused-ring (bicyclic) bond motifs is 1. The fourth-order valence-electron chi connectivity index (χ4n) is 3.17. The SMILES string of the molecule is CCNC(=NCc1ccnc(C)n1)NC1CC(C)(C)Oc2ccccc21. The number of nitrogens with one attached hydrogen (secondary N) is 2. The van der Waals surface area contributed by atoms with Gasteiger partial charge in [-0.1, -0.05) is 18.2 Å². The Balaban J connectivity index is 1.80. The predicted octanol–water partition coefficient (Wildman–Crippen LogP) is 3.14. The number of benzene rings is 1. The van der Waals surface area contributed by atoms with Crippen molar-refractivity contribution < 1.29 is 4.74 Å². The van der Waals surface area contributed by atoms with Crippen molar-refractivity contribution in [2.75, 3.05) is 6.54 Å². The number of hydrogen-bond acceptors (Lipinski definition) is 4. The van der Waals surface area contributed by atoms with Crippen LogP contribution in [0.25, 0.3) is 0 Å². The first-order valence-electron chi connectivity index (χ1n) is 9.08. The number of aryl methyl sites for hydroxylation is 1. The molecule has 0 saturated heterocycles. The first-order valence-corrected chi connectivity index (χ1v) is 9.08. The van der Waals surface area contributed by atoms with Gasteiger partial charge in [-0.2, -0.15) is 0 Å². The molecule has 138 valence electrons. The van der Waals surface area contributed by atoms with Crippen LogP contribution in [-0.2, 0) is 6.54 Å². The molecule has 0 fully saturated rings. The molecule has 6 heteroatoms. The highest BCUT2D eigenvalue weighted by atomic mass is 16.5. The minimum absolute atomic E-state index is 0.139. The summed E-state index contributed by atoms with van der Waals surface area (Å²) in [5.74, 6) is 2.47. The van der Waals surface area contributed by atoms with Crippen LogP contribution in [0, 0.1) is 6.92 Å². The van der Waals surface area contributed by atoms with Gasteiger partial charge in [0.15, 0.2) is 5.96 Å². The highest BCUT2D eigenvalue weighted by Gasteiger charge is 2.33. The van der Waals surface area contributed by atoms with Crippen molar-refractivity contribution in [1.82, 2.24) is 20.6 Å². The van der Waals surface area contributed by atoms with Crippen molar-refractivity contribution in [3.8, 4) is 5.75 Å². The second-order valence-electron chi connectivity index (χ2n) is 7.09. The molecule has 0 saturated carbocycles. The zero-order valence-electron chi connectivity index (χ0n) is 15.9. The molecule has 3 rings (SSSR count). The molecule has 2 N–H and O–H groups in total. The van der Waals surface area contributed by atoms with Crippen LogP contribution in [0.5, 0.6) is 5.75 Å². The van der Waals surface area contributed by atoms with E-state index in [1.807, 2.05) is 31.2 Å². The molecule has 1 aliphatic rings. The molecule has 0 spiro atoms. The molecular weight excluding hydrogens is 326 g/mol. The van der Waals surface area contributed by atoms with E-state index in [-0.39, 0.29) is 11.6 Å². The van der Waals surface area contributed by atoms with Crippen LogP contribution in [0.15, 0.2) is 41.5 Å². The van der Waals surface area contributed by atoms with Gasteiger partial charge in [-0.05, 0) is 39.8 Å². The average Bonchev–Trinajstić information content (AvgIpc) is 2.59. The van der Waals surface area contributed by atoms with Gasteiger partial charge in [0.25, 0.3) is 0 Å². The maximum Gasteiger partial charge on any atom is 0.192 e. The van der Waals surface area contributed by atoms with Crippen LogP contribution in [0.4, 0.5) is 0 Å². The fraction of sp³-hybridized carbons (Fsp3) is 0.450. The number of aromatic nitrogens is 2. The van der Waals surface area contributed by atoms with E-state index in [0.717, 1.165) is 41.8 Å². The van der Waals surface area contributed by atoms with E-state index >= 15 is 0 Å². The molecule has 1 unspecified atom stereocenters. The summed E-state index contributed by atoms with van der Waals surface area (Å²) < 4.78 is 6.12. The van der Waals surface area contributed by atoms with Gasteiger partial charge >= 0.3 is 0 Å². The Hall–Kier alpha value is -2.63. The Labute approximate surface area is 155 Å². The molecule has 1 aromatic carbocycles. The summed E-state index contributed by atoms with van der Waals surface area (Å²) in [7, 11) is 0. The Bertz CT molecular complexity index is 787. The van der Waals surface area contributed by atoms with Crippen molar-refractivity contribution in [2.45, 2.75) is 52.3 Å². The molecule has 0 radical (unpaired) electrons. The number of rotatable bonds is 4. The first-order chi connectivity index (χ1) is 12.5. The standard InChI is InChI=1S/C20H27N5O/c1-5-21-19(23-13-15-10-11-22-14(2)24-15)25-17-12-20(3,4)26-18-9-7-6-8-16(17)18/h6-11,17H,5,12-13H2,1-4H3,(H2,21,23,25). The molecule has 2 heterocycles. The van der Waals surface area contributed by atoms with E-state index in [1.165, 1.54) is 0 Å². The minimum atomic E-state index is -0.229.